The Morgan fingerprint density at radius 2 is 1.27 bits per heavy atom. The second-order valence-electron chi connectivity index (χ2n) is 13.6. The zero-order valence-corrected chi connectivity index (χ0v) is 27.6. The number of hydrogen-bond acceptors (Lipinski definition) is 6. The highest BCUT2D eigenvalue weighted by Crippen LogP contribution is 2.38. The standard InChI is InChI=1S/2C17H19F2N3O2/c1-17(2,3)24-16(23)22-7-6-11-14(9-22)20-21-15(11)12-8-10(18)4-5-13(12)19;1-17(2,3)24-16(23)22-8-4-5-13-15(22)14(21-20-13)11-9-10(18)6-7-12(11)19/h4-5,8H,6-7,9H2,1-3H3,(H,20,21);6-7,9H,4-5,8H2,1-3H3,(H,20,21). The molecule has 48 heavy (non-hydrogen) atoms. The molecule has 4 aromatic rings. The molecule has 2 aromatic heterocycles. The molecule has 0 spiro atoms. The first-order chi connectivity index (χ1) is 22.5. The Bertz CT molecular complexity index is 1820. The topological polar surface area (TPSA) is 116 Å². The number of ether oxygens (including phenoxy) is 2. The number of anilines is 1. The Balaban J connectivity index is 0.000000188. The van der Waals surface area contributed by atoms with Gasteiger partial charge >= 0.3 is 12.2 Å². The molecule has 0 fully saturated rings. The lowest BCUT2D eigenvalue weighted by atomic mass is 10.00. The van der Waals surface area contributed by atoms with Crippen molar-refractivity contribution in [3.63, 3.8) is 0 Å². The Morgan fingerprint density at radius 1 is 0.729 bits per heavy atom. The van der Waals surface area contributed by atoms with Gasteiger partial charge in [-0.2, -0.15) is 10.2 Å². The smallest absolute Gasteiger partial charge is 0.414 e. The van der Waals surface area contributed by atoms with Crippen LogP contribution in [0.1, 0.15) is 64.9 Å². The fourth-order valence-corrected chi connectivity index (χ4v) is 5.43. The van der Waals surface area contributed by atoms with Crippen molar-refractivity contribution in [1.82, 2.24) is 25.3 Å². The Hall–Kier alpha value is -4.88. The molecule has 2 aliphatic rings. The number of aromatic nitrogens is 4. The molecule has 0 atom stereocenters. The van der Waals surface area contributed by atoms with E-state index in [2.05, 4.69) is 20.4 Å². The average molecular weight is 671 g/mol. The second kappa shape index (κ2) is 13.3. The van der Waals surface area contributed by atoms with Crippen molar-refractivity contribution in [2.45, 2.75) is 78.6 Å². The van der Waals surface area contributed by atoms with Crippen LogP contribution in [-0.4, -0.2) is 61.8 Å². The van der Waals surface area contributed by atoms with Crippen LogP contribution >= 0.6 is 0 Å². The van der Waals surface area contributed by atoms with Crippen LogP contribution in [0.2, 0.25) is 0 Å². The van der Waals surface area contributed by atoms with Crippen molar-refractivity contribution >= 4 is 17.9 Å². The van der Waals surface area contributed by atoms with E-state index < -0.39 is 46.7 Å². The molecule has 2 aromatic carbocycles. The molecular formula is C34H38F4N6O4. The summed E-state index contributed by atoms with van der Waals surface area (Å²) in [6.07, 6.45) is 0.984. The number of nitrogens with zero attached hydrogens (tertiary/aromatic N) is 4. The van der Waals surface area contributed by atoms with E-state index in [0.29, 0.717) is 55.2 Å². The van der Waals surface area contributed by atoms with E-state index in [1.54, 1.807) is 46.4 Å². The minimum absolute atomic E-state index is 0.0166. The molecule has 14 heteroatoms. The van der Waals surface area contributed by atoms with Gasteiger partial charge in [0, 0.05) is 29.8 Å². The average Bonchev–Trinajstić information content (AvgIpc) is 3.62. The van der Waals surface area contributed by atoms with Crippen molar-refractivity contribution in [3.8, 4) is 22.5 Å². The van der Waals surface area contributed by atoms with Gasteiger partial charge in [-0.05, 0) is 97.2 Å². The fraction of sp³-hybridized carbons (Fsp3) is 0.412. The summed E-state index contributed by atoms with van der Waals surface area (Å²) in [5.41, 5.74) is 2.22. The summed E-state index contributed by atoms with van der Waals surface area (Å²) in [6.45, 7) is 11.9. The van der Waals surface area contributed by atoms with Gasteiger partial charge in [0.05, 0.1) is 29.3 Å². The molecule has 0 bridgehead atoms. The third-order valence-corrected chi connectivity index (χ3v) is 7.46. The molecule has 0 unspecified atom stereocenters. The van der Waals surface area contributed by atoms with Gasteiger partial charge in [-0.1, -0.05) is 0 Å². The number of nitrogens with one attached hydrogen (secondary N) is 2. The molecular weight excluding hydrogens is 632 g/mol. The maximum Gasteiger partial charge on any atom is 0.414 e. The maximum absolute atomic E-state index is 14.1. The van der Waals surface area contributed by atoms with Gasteiger partial charge in [0.25, 0.3) is 0 Å². The summed E-state index contributed by atoms with van der Waals surface area (Å²) in [7, 11) is 0. The highest BCUT2D eigenvalue weighted by Gasteiger charge is 2.33. The summed E-state index contributed by atoms with van der Waals surface area (Å²) in [5, 5.41) is 13.9. The monoisotopic (exact) mass is 670 g/mol. The molecule has 2 N–H and O–H groups in total. The number of aryl methyl sites for hydroxylation is 1. The van der Waals surface area contributed by atoms with E-state index in [1.165, 1.54) is 4.90 Å². The second-order valence-corrected chi connectivity index (χ2v) is 13.6. The van der Waals surface area contributed by atoms with Crippen LogP contribution in [0.3, 0.4) is 0 Å². The van der Waals surface area contributed by atoms with E-state index in [9.17, 15) is 27.2 Å². The zero-order valence-electron chi connectivity index (χ0n) is 27.6. The number of benzene rings is 2. The molecule has 0 saturated heterocycles. The number of hydrogen-bond donors (Lipinski definition) is 2. The maximum atomic E-state index is 14.1. The largest absolute Gasteiger partial charge is 0.444 e. The molecule has 4 heterocycles. The third-order valence-electron chi connectivity index (χ3n) is 7.46. The highest BCUT2D eigenvalue weighted by molar-refractivity contribution is 5.94. The van der Waals surface area contributed by atoms with Crippen molar-refractivity contribution in [1.29, 1.82) is 0 Å². The van der Waals surface area contributed by atoms with Crippen LogP contribution in [0.4, 0.5) is 32.8 Å². The van der Waals surface area contributed by atoms with E-state index in [4.69, 9.17) is 9.47 Å². The molecule has 0 saturated carbocycles. The van der Waals surface area contributed by atoms with Gasteiger partial charge < -0.3 is 14.4 Å². The number of carbonyl (C=O) groups is 2. The van der Waals surface area contributed by atoms with Crippen LogP contribution in [0.5, 0.6) is 0 Å². The van der Waals surface area contributed by atoms with Crippen LogP contribution < -0.4 is 4.90 Å². The van der Waals surface area contributed by atoms with Gasteiger partial charge in [0.2, 0.25) is 0 Å². The quantitative estimate of drug-likeness (QED) is 0.211. The summed E-state index contributed by atoms with van der Waals surface area (Å²) >= 11 is 0. The molecule has 2 amide bonds. The van der Waals surface area contributed by atoms with Gasteiger partial charge in [-0.25, -0.2) is 27.2 Å². The molecule has 10 nitrogen and oxygen atoms in total. The lowest BCUT2D eigenvalue weighted by molar-refractivity contribution is 0.0221. The number of fused-ring (bicyclic) bond motifs is 2. The van der Waals surface area contributed by atoms with Gasteiger partial charge in [-0.15, -0.1) is 0 Å². The number of amides is 2. The lowest BCUT2D eigenvalue weighted by Crippen LogP contribution is -2.39. The number of carbonyl (C=O) groups excluding carboxylic acids is 2. The fourth-order valence-electron chi connectivity index (χ4n) is 5.43. The summed E-state index contributed by atoms with van der Waals surface area (Å²) in [6, 6.07) is 6.46. The van der Waals surface area contributed by atoms with Crippen LogP contribution in [0, 0.1) is 23.3 Å². The first kappa shape index (κ1) is 34.5. The summed E-state index contributed by atoms with van der Waals surface area (Å²) in [4.78, 5) is 27.7. The minimum Gasteiger partial charge on any atom is -0.444 e. The van der Waals surface area contributed by atoms with Crippen molar-refractivity contribution in [2.75, 3.05) is 18.0 Å². The zero-order chi connectivity index (χ0) is 35.0. The predicted molar refractivity (Wildman–Crippen MR) is 170 cm³/mol. The van der Waals surface area contributed by atoms with Crippen LogP contribution in [-0.2, 0) is 28.9 Å². The van der Waals surface area contributed by atoms with Gasteiger partial charge in [0.15, 0.2) is 0 Å². The van der Waals surface area contributed by atoms with Gasteiger partial charge in [-0.3, -0.25) is 15.1 Å². The van der Waals surface area contributed by atoms with Crippen LogP contribution in [0.25, 0.3) is 22.5 Å². The molecule has 2 aliphatic heterocycles. The Kier molecular flexibility index (Phi) is 9.56. The molecule has 0 aliphatic carbocycles. The molecule has 256 valence electrons. The van der Waals surface area contributed by atoms with Crippen molar-refractivity contribution in [3.05, 3.63) is 76.6 Å². The first-order valence-electron chi connectivity index (χ1n) is 15.5. The predicted octanol–water partition coefficient (Wildman–Crippen LogP) is 7.69. The van der Waals surface area contributed by atoms with E-state index >= 15 is 0 Å². The first-order valence-corrected chi connectivity index (χ1v) is 15.5. The lowest BCUT2D eigenvalue weighted by Gasteiger charge is -2.30. The van der Waals surface area contributed by atoms with E-state index in [1.807, 2.05) is 0 Å². The minimum atomic E-state index is -0.650. The van der Waals surface area contributed by atoms with Gasteiger partial charge in [0.1, 0.15) is 40.2 Å². The number of aromatic amines is 2. The molecule has 0 radical (unpaired) electrons. The Labute approximate surface area is 275 Å². The molecule has 6 rings (SSSR count). The number of halogens is 4. The van der Waals surface area contributed by atoms with E-state index in [-0.39, 0.29) is 16.8 Å². The number of H-pyrrole nitrogens is 2. The van der Waals surface area contributed by atoms with E-state index in [0.717, 1.165) is 48.4 Å². The van der Waals surface area contributed by atoms with Crippen molar-refractivity contribution in [2.24, 2.45) is 0 Å². The summed E-state index contributed by atoms with van der Waals surface area (Å²) < 4.78 is 65.9. The van der Waals surface area contributed by atoms with Crippen molar-refractivity contribution < 1.29 is 36.6 Å². The number of rotatable bonds is 2. The van der Waals surface area contributed by atoms with Crippen LogP contribution in [0.15, 0.2) is 36.4 Å². The normalized spacial score (nSPS) is 14.5. The third kappa shape index (κ3) is 7.80. The Morgan fingerprint density at radius 3 is 1.88 bits per heavy atom. The SMILES string of the molecule is CC(C)(C)OC(=O)N1CCCc2[nH]nc(-c3cc(F)ccc3F)c21.CC(C)(C)OC(=O)N1CCc2c(-c3cc(F)ccc3F)n[nH]c2C1. The highest BCUT2D eigenvalue weighted by atomic mass is 19.1. The summed E-state index contributed by atoms with van der Waals surface area (Å²) in [5.74, 6) is -2.21.